The number of amides is 1. The van der Waals surface area contributed by atoms with E-state index in [9.17, 15) is 4.79 Å². The minimum Gasteiger partial charge on any atom is -0.444 e. The largest absolute Gasteiger partial charge is 0.444 e. The molecule has 1 aromatic heterocycles. The third-order valence-corrected chi connectivity index (χ3v) is 4.36. The lowest BCUT2D eigenvalue weighted by molar-refractivity contribution is 0.0121. The molecule has 118 valence electrons. The van der Waals surface area contributed by atoms with Crippen LogP contribution in [0, 0.1) is 0 Å². The number of carbonyl (C=O) groups excluding carboxylic acids is 1. The fourth-order valence-electron chi connectivity index (χ4n) is 2.14. The van der Waals surface area contributed by atoms with Crippen molar-refractivity contribution in [2.24, 2.45) is 0 Å². The molecule has 2 heterocycles. The number of rotatable bonds is 2. The predicted octanol–water partition coefficient (Wildman–Crippen LogP) is 2.09. The fraction of sp³-hybridized carbons (Fsp3) is 0.714. The van der Waals surface area contributed by atoms with E-state index in [1.807, 2.05) is 46.0 Å². The van der Waals surface area contributed by atoms with Gasteiger partial charge in [-0.1, -0.05) is 11.3 Å². The molecule has 21 heavy (non-hydrogen) atoms. The van der Waals surface area contributed by atoms with Crippen LogP contribution in [-0.2, 0) is 4.74 Å². The van der Waals surface area contributed by atoms with Crippen molar-refractivity contribution in [2.75, 3.05) is 38.6 Å². The topological polar surface area (TPSA) is 57.7 Å². The van der Waals surface area contributed by atoms with Crippen molar-refractivity contribution in [1.82, 2.24) is 15.2 Å². The van der Waals surface area contributed by atoms with Crippen LogP contribution in [0.1, 0.15) is 31.7 Å². The van der Waals surface area contributed by atoms with Gasteiger partial charge in [0.05, 0.1) is 10.9 Å². The summed E-state index contributed by atoms with van der Waals surface area (Å²) in [6, 6.07) is -0.0141. The van der Waals surface area contributed by atoms with Crippen LogP contribution in [-0.4, -0.2) is 55.3 Å². The smallest absolute Gasteiger partial charge is 0.410 e. The van der Waals surface area contributed by atoms with Crippen LogP contribution in [0.25, 0.3) is 0 Å². The quantitative estimate of drug-likeness (QED) is 0.906. The molecule has 0 radical (unpaired) electrons. The van der Waals surface area contributed by atoms with E-state index in [2.05, 4.69) is 10.3 Å². The highest BCUT2D eigenvalue weighted by molar-refractivity contribution is 7.15. The molecule has 1 atom stereocenters. The number of aromatic nitrogens is 1. The van der Waals surface area contributed by atoms with Crippen LogP contribution in [0.4, 0.5) is 9.93 Å². The lowest BCUT2D eigenvalue weighted by Crippen LogP contribution is -2.49. The average Bonchev–Trinajstić information content (AvgIpc) is 2.86. The minimum atomic E-state index is -0.477. The normalized spacial score (nSPS) is 19.5. The molecule has 1 amide bonds. The monoisotopic (exact) mass is 312 g/mol. The SMILES string of the molecule is CN(C)c1ncc(C2CNCCN2C(=O)OC(C)(C)C)s1. The first-order chi connectivity index (χ1) is 9.78. The second-order valence-corrected chi connectivity index (χ2v) is 7.37. The average molecular weight is 312 g/mol. The third kappa shape index (κ3) is 4.07. The van der Waals surface area contributed by atoms with Gasteiger partial charge in [-0.3, -0.25) is 4.90 Å². The zero-order chi connectivity index (χ0) is 15.6. The Bertz CT molecular complexity index is 495. The molecule has 1 aliphatic heterocycles. The summed E-state index contributed by atoms with van der Waals surface area (Å²) in [6.07, 6.45) is 1.60. The van der Waals surface area contributed by atoms with Crippen LogP contribution in [0.2, 0.25) is 0 Å². The van der Waals surface area contributed by atoms with E-state index in [1.165, 1.54) is 0 Å². The molecule has 0 saturated carbocycles. The summed E-state index contributed by atoms with van der Waals surface area (Å²) in [7, 11) is 3.93. The highest BCUT2D eigenvalue weighted by Gasteiger charge is 2.32. The van der Waals surface area contributed by atoms with E-state index in [0.29, 0.717) is 6.54 Å². The summed E-state index contributed by atoms with van der Waals surface area (Å²) in [5.41, 5.74) is -0.477. The van der Waals surface area contributed by atoms with Gasteiger partial charge in [-0.25, -0.2) is 9.78 Å². The lowest BCUT2D eigenvalue weighted by Gasteiger charge is -2.36. The number of thiazole rings is 1. The number of nitrogens with zero attached hydrogens (tertiary/aromatic N) is 3. The minimum absolute atomic E-state index is 0.0141. The van der Waals surface area contributed by atoms with E-state index in [-0.39, 0.29) is 12.1 Å². The van der Waals surface area contributed by atoms with Crippen LogP contribution < -0.4 is 10.2 Å². The van der Waals surface area contributed by atoms with Crippen LogP contribution in [0.15, 0.2) is 6.20 Å². The fourth-order valence-corrected chi connectivity index (χ4v) is 3.09. The second kappa shape index (κ2) is 6.19. The van der Waals surface area contributed by atoms with Crippen molar-refractivity contribution in [3.05, 3.63) is 11.1 Å². The van der Waals surface area contributed by atoms with Gasteiger partial charge in [0.2, 0.25) is 0 Å². The summed E-state index contributed by atoms with van der Waals surface area (Å²) in [5, 5.41) is 4.28. The van der Waals surface area contributed by atoms with Crippen LogP contribution in [0.3, 0.4) is 0 Å². The number of hydrogen-bond acceptors (Lipinski definition) is 6. The first-order valence-electron chi connectivity index (χ1n) is 7.11. The van der Waals surface area contributed by atoms with E-state index < -0.39 is 5.60 Å². The molecule has 1 saturated heterocycles. The molecular weight excluding hydrogens is 288 g/mol. The van der Waals surface area contributed by atoms with Crippen molar-refractivity contribution in [3.8, 4) is 0 Å². The number of hydrogen-bond donors (Lipinski definition) is 1. The Morgan fingerprint density at radius 2 is 2.24 bits per heavy atom. The van der Waals surface area contributed by atoms with Crippen LogP contribution >= 0.6 is 11.3 Å². The maximum Gasteiger partial charge on any atom is 0.410 e. The molecule has 0 aromatic carbocycles. The van der Waals surface area contributed by atoms with Crippen LogP contribution in [0.5, 0.6) is 0 Å². The Morgan fingerprint density at radius 3 is 2.81 bits per heavy atom. The van der Waals surface area contributed by atoms with Gasteiger partial charge in [0.1, 0.15) is 5.60 Å². The first kappa shape index (κ1) is 16.0. The summed E-state index contributed by atoms with van der Waals surface area (Å²) in [4.78, 5) is 21.6. The molecule has 0 spiro atoms. The van der Waals surface area contributed by atoms with Gasteiger partial charge >= 0.3 is 6.09 Å². The standard InChI is InChI=1S/C14H24N4O2S/c1-14(2,3)20-13(19)18-7-6-15-8-10(18)11-9-16-12(21-11)17(4)5/h9-10,15H,6-8H2,1-5H3. The van der Waals surface area contributed by atoms with Gasteiger partial charge in [0.25, 0.3) is 0 Å². The molecule has 7 heteroatoms. The summed E-state index contributed by atoms with van der Waals surface area (Å²) >= 11 is 1.61. The van der Waals surface area contributed by atoms with Gasteiger partial charge < -0.3 is 15.0 Å². The summed E-state index contributed by atoms with van der Waals surface area (Å²) in [6.45, 7) is 7.83. The highest BCUT2D eigenvalue weighted by Crippen LogP contribution is 2.31. The highest BCUT2D eigenvalue weighted by atomic mass is 32.1. The molecule has 1 N–H and O–H groups in total. The Morgan fingerprint density at radius 1 is 1.52 bits per heavy atom. The molecule has 1 aromatic rings. The Hall–Kier alpha value is -1.34. The molecule has 1 unspecified atom stereocenters. The molecule has 0 bridgehead atoms. The summed E-state index contributed by atoms with van der Waals surface area (Å²) in [5.74, 6) is 0. The summed E-state index contributed by atoms with van der Waals surface area (Å²) < 4.78 is 5.52. The predicted molar refractivity (Wildman–Crippen MR) is 85.0 cm³/mol. The van der Waals surface area contributed by atoms with Gasteiger partial charge in [0.15, 0.2) is 5.13 Å². The van der Waals surface area contributed by atoms with Gasteiger partial charge in [-0.2, -0.15) is 0 Å². The van der Waals surface area contributed by atoms with Gasteiger partial charge in [0, 0.05) is 39.9 Å². The Labute approximate surface area is 130 Å². The van der Waals surface area contributed by atoms with E-state index >= 15 is 0 Å². The van der Waals surface area contributed by atoms with E-state index in [4.69, 9.17) is 4.74 Å². The van der Waals surface area contributed by atoms with Crippen molar-refractivity contribution in [1.29, 1.82) is 0 Å². The van der Waals surface area contributed by atoms with Crippen molar-refractivity contribution in [3.63, 3.8) is 0 Å². The van der Waals surface area contributed by atoms with E-state index in [1.54, 1.807) is 16.2 Å². The molecule has 0 aliphatic carbocycles. The van der Waals surface area contributed by atoms with Crippen molar-refractivity contribution >= 4 is 22.6 Å². The molecule has 1 aliphatic rings. The lowest BCUT2D eigenvalue weighted by atomic mass is 10.1. The van der Waals surface area contributed by atoms with E-state index in [0.717, 1.165) is 23.1 Å². The number of anilines is 1. The molecule has 2 rings (SSSR count). The number of nitrogens with one attached hydrogen (secondary N) is 1. The van der Waals surface area contributed by atoms with Crippen molar-refractivity contribution < 1.29 is 9.53 Å². The number of carbonyl (C=O) groups is 1. The zero-order valence-corrected chi connectivity index (χ0v) is 14.2. The van der Waals surface area contributed by atoms with Crippen molar-refractivity contribution in [2.45, 2.75) is 32.4 Å². The molecule has 1 fully saturated rings. The van der Waals surface area contributed by atoms with Gasteiger partial charge in [-0.15, -0.1) is 0 Å². The first-order valence-corrected chi connectivity index (χ1v) is 7.93. The Kier molecular flexibility index (Phi) is 4.73. The second-order valence-electron chi connectivity index (χ2n) is 6.33. The maximum atomic E-state index is 12.4. The maximum absolute atomic E-state index is 12.4. The number of ether oxygens (including phenoxy) is 1. The zero-order valence-electron chi connectivity index (χ0n) is 13.3. The molecule has 6 nitrogen and oxygen atoms in total. The third-order valence-electron chi connectivity index (χ3n) is 3.09. The molecular formula is C14H24N4O2S. The number of piperazine rings is 1. The van der Waals surface area contributed by atoms with Gasteiger partial charge in [-0.05, 0) is 20.8 Å². The Balaban J connectivity index is 2.16.